The molecule has 1 saturated heterocycles. The molecule has 23 heavy (non-hydrogen) atoms. The third kappa shape index (κ3) is 2.52. The van der Waals surface area contributed by atoms with Gasteiger partial charge in [0.15, 0.2) is 0 Å². The number of aromatic nitrogens is 2. The third-order valence-corrected chi connectivity index (χ3v) is 4.83. The van der Waals surface area contributed by atoms with E-state index < -0.39 is 5.67 Å². The molecule has 0 N–H and O–H groups in total. The molecule has 2 aromatic rings. The zero-order valence-electron chi connectivity index (χ0n) is 12.7. The van der Waals surface area contributed by atoms with Gasteiger partial charge in [-0.1, -0.05) is 41.9 Å². The van der Waals surface area contributed by atoms with E-state index >= 15 is 4.39 Å². The maximum atomic E-state index is 15.2. The SMILES string of the molecule is O=C(C1CCC1)N1CCC(F)(c2nc(-c3ccccc3)no2)C1. The van der Waals surface area contributed by atoms with Crippen LogP contribution >= 0.6 is 0 Å². The van der Waals surface area contributed by atoms with Crippen LogP contribution in [0.25, 0.3) is 11.4 Å². The number of likely N-dealkylation sites (tertiary alicyclic amines) is 1. The second-order valence-corrected chi connectivity index (χ2v) is 6.39. The monoisotopic (exact) mass is 315 g/mol. The van der Waals surface area contributed by atoms with E-state index in [-0.39, 0.29) is 30.7 Å². The smallest absolute Gasteiger partial charge is 0.266 e. The number of rotatable bonds is 3. The van der Waals surface area contributed by atoms with Gasteiger partial charge in [-0.3, -0.25) is 4.79 Å². The summed E-state index contributed by atoms with van der Waals surface area (Å²) in [6, 6.07) is 9.32. The summed E-state index contributed by atoms with van der Waals surface area (Å²) < 4.78 is 20.3. The van der Waals surface area contributed by atoms with Gasteiger partial charge < -0.3 is 9.42 Å². The lowest BCUT2D eigenvalue weighted by Crippen LogP contribution is -2.39. The first-order valence-corrected chi connectivity index (χ1v) is 8.03. The van der Waals surface area contributed by atoms with E-state index in [0.29, 0.717) is 12.4 Å². The normalized spacial score (nSPS) is 24.7. The minimum Gasteiger partial charge on any atom is -0.339 e. The second-order valence-electron chi connectivity index (χ2n) is 6.39. The molecule has 6 heteroatoms. The van der Waals surface area contributed by atoms with E-state index in [1.807, 2.05) is 30.3 Å². The summed E-state index contributed by atoms with van der Waals surface area (Å²) in [6.07, 6.45) is 3.15. The van der Waals surface area contributed by atoms with Crippen molar-refractivity contribution >= 4 is 5.91 Å². The standard InChI is InChI=1S/C17H18FN3O2/c18-17(9-10-21(11-17)15(22)13-7-4-8-13)16-19-14(20-23-16)12-5-2-1-3-6-12/h1-3,5-6,13H,4,7-11H2. The molecule has 2 fully saturated rings. The molecule has 5 nitrogen and oxygen atoms in total. The summed E-state index contributed by atoms with van der Waals surface area (Å²) >= 11 is 0. The van der Waals surface area contributed by atoms with Crippen molar-refractivity contribution in [3.8, 4) is 11.4 Å². The Morgan fingerprint density at radius 3 is 2.78 bits per heavy atom. The number of nitrogens with zero attached hydrogens (tertiary/aromatic N) is 3. The van der Waals surface area contributed by atoms with Crippen molar-refractivity contribution < 1.29 is 13.7 Å². The van der Waals surface area contributed by atoms with Crippen molar-refractivity contribution in [2.75, 3.05) is 13.1 Å². The number of alkyl halides is 1. The zero-order chi connectivity index (χ0) is 15.9. The summed E-state index contributed by atoms with van der Waals surface area (Å²) in [6.45, 7) is 0.424. The van der Waals surface area contributed by atoms with Crippen LogP contribution in [0.5, 0.6) is 0 Å². The first kappa shape index (κ1) is 14.4. The molecule has 1 aromatic heterocycles. The molecule has 1 aromatic carbocycles. The molecule has 0 radical (unpaired) electrons. The van der Waals surface area contributed by atoms with Gasteiger partial charge in [0.2, 0.25) is 17.4 Å². The zero-order valence-corrected chi connectivity index (χ0v) is 12.7. The minimum atomic E-state index is -1.74. The van der Waals surface area contributed by atoms with E-state index in [4.69, 9.17) is 4.52 Å². The predicted octanol–water partition coefficient (Wildman–Crippen LogP) is 2.93. The molecular formula is C17H18FN3O2. The Hall–Kier alpha value is -2.24. The van der Waals surface area contributed by atoms with Crippen molar-refractivity contribution in [2.45, 2.75) is 31.4 Å². The number of carbonyl (C=O) groups excluding carboxylic acids is 1. The Labute approximate surface area is 133 Å². The quantitative estimate of drug-likeness (QED) is 0.874. The number of benzene rings is 1. The summed E-state index contributed by atoms with van der Waals surface area (Å²) in [7, 11) is 0. The van der Waals surface area contributed by atoms with Gasteiger partial charge in [0.1, 0.15) is 0 Å². The molecule has 1 unspecified atom stereocenters. The lowest BCUT2D eigenvalue weighted by atomic mass is 9.84. The maximum Gasteiger partial charge on any atom is 0.266 e. The maximum absolute atomic E-state index is 15.2. The van der Waals surface area contributed by atoms with Gasteiger partial charge in [-0.15, -0.1) is 0 Å². The molecule has 4 rings (SSSR count). The molecule has 120 valence electrons. The van der Waals surface area contributed by atoms with Crippen LogP contribution in [0.4, 0.5) is 4.39 Å². The molecule has 1 aliphatic heterocycles. The average Bonchev–Trinajstić information content (AvgIpc) is 3.14. The Kier molecular flexibility index (Phi) is 3.39. The molecule has 0 spiro atoms. The largest absolute Gasteiger partial charge is 0.339 e. The fourth-order valence-corrected chi connectivity index (χ4v) is 3.16. The molecular weight excluding hydrogens is 297 g/mol. The fourth-order valence-electron chi connectivity index (χ4n) is 3.16. The van der Waals surface area contributed by atoms with Gasteiger partial charge in [0, 0.05) is 24.4 Å². The third-order valence-electron chi connectivity index (χ3n) is 4.83. The topological polar surface area (TPSA) is 59.2 Å². The highest BCUT2D eigenvalue weighted by Crippen LogP contribution is 2.38. The van der Waals surface area contributed by atoms with Crippen LogP contribution in [0.15, 0.2) is 34.9 Å². The van der Waals surface area contributed by atoms with Crippen LogP contribution in [0.1, 0.15) is 31.6 Å². The van der Waals surface area contributed by atoms with Crippen molar-refractivity contribution in [2.24, 2.45) is 5.92 Å². The van der Waals surface area contributed by atoms with E-state index in [1.54, 1.807) is 4.90 Å². The molecule has 1 atom stereocenters. The van der Waals surface area contributed by atoms with E-state index in [1.165, 1.54) is 0 Å². The molecule has 1 amide bonds. The van der Waals surface area contributed by atoms with Crippen LogP contribution < -0.4 is 0 Å². The molecule has 1 saturated carbocycles. The lowest BCUT2D eigenvalue weighted by Gasteiger charge is -2.29. The van der Waals surface area contributed by atoms with Gasteiger partial charge in [0.25, 0.3) is 5.89 Å². The highest BCUT2D eigenvalue weighted by atomic mass is 19.1. The lowest BCUT2D eigenvalue weighted by molar-refractivity contribution is -0.137. The van der Waals surface area contributed by atoms with Gasteiger partial charge in [-0.05, 0) is 12.8 Å². The Balaban J connectivity index is 1.52. The van der Waals surface area contributed by atoms with Crippen molar-refractivity contribution in [1.82, 2.24) is 15.0 Å². The number of amides is 1. The second kappa shape index (κ2) is 5.44. The molecule has 1 aliphatic carbocycles. The number of hydrogen-bond acceptors (Lipinski definition) is 4. The van der Waals surface area contributed by atoms with E-state index in [9.17, 15) is 4.79 Å². The summed E-state index contributed by atoms with van der Waals surface area (Å²) in [5, 5.41) is 3.88. The predicted molar refractivity (Wildman–Crippen MR) is 81.1 cm³/mol. The van der Waals surface area contributed by atoms with Crippen LogP contribution in [-0.2, 0) is 10.5 Å². The Morgan fingerprint density at radius 1 is 1.30 bits per heavy atom. The Morgan fingerprint density at radius 2 is 2.09 bits per heavy atom. The van der Waals surface area contributed by atoms with Crippen molar-refractivity contribution in [3.63, 3.8) is 0 Å². The molecule has 0 bridgehead atoms. The number of hydrogen-bond donors (Lipinski definition) is 0. The number of halogens is 1. The average molecular weight is 315 g/mol. The summed E-state index contributed by atoms with van der Waals surface area (Å²) in [5.41, 5.74) is -0.953. The van der Waals surface area contributed by atoms with E-state index in [2.05, 4.69) is 10.1 Å². The molecule has 2 aliphatic rings. The van der Waals surface area contributed by atoms with Crippen molar-refractivity contribution in [3.05, 3.63) is 36.2 Å². The van der Waals surface area contributed by atoms with Gasteiger partial charge >= 0.3 is 0 Å². The van der Waals surface area contributed by atoms with Crippen LogP contribution in [0, 0.1) is 5.92 Å². The first-order chi connectivity index (χ1) is 11.2. The number of carbonyl (C=O) groups is 1. The van der Waals surface area contributed by atoms with Crippen LogP contribution in [0.3, 0.4) is 0 Å². The van der Waals surface area contributed by atoms with Gasteiger partial charge in [-0.25, -0.2) is 4.39 Å². The fraction of sp³-hybridized carbons (Fsp3) is 0.471. The Bertz CT molecular complexity index is 714. The highest BCUT2D eigenvalue weighted by molar-refractivity contribution is 5.80. The van der Waals surface area contributed by atoms with E-state index in [0.717, 1.165) is 24.8 Å². The van der Waals surface area contributed by atoms with Gasteiger partial charge in [-0.2, -0.15) is 4.98 Å². The summed E-state index contributed by atoms with van der Waals surface area (Å²) in [5.74, 6) is 0.500. The van der Waals surface area contributed by atoms with Crippen LogP contribution in [-0.4, -0.2) is 34.0 Å². The van der Waals surface area contributed by atoms with Crippen LogP contribution in [0.2, 0.25) is 0 Å². The highest BCUT2D eigenvalue weighted by Gasteiger charge is 2.47. The van der Waals surface area contributed by atoms with Gasteiger partial charge in [0.05, 0.1) is 6.54 Å². The minimum absolute atomic E-state index is 0.0127. The van der Waals surface area contributed by atoms with Crippen molar-refractivity contribution in [1.29, 1.82) is 0 Å². The molecule has 2 heterocycles. The first-order valence-electron chi connectivity index (χ1n) is 8.03. The summed E-state index contributed by atoms with van der Waals surface area (Å²) in [4.78, 5) is 18.1.